The number of hydrogen-bond acceptors (Lipinski definition) is 5. The van der Waals surface area contributed by atoms with Crippen molar-refractivity contribution in [3.05, 3.63) is 28.8 Å². The van der Waals surface area contributed by atoms with Crippen molar-refractivity contribution in [2.75, 3.05) is 45.9 Å². The number of β-amino-alcohol motifs (C(OH)–C–C–N with tert-alkyl or cyclic N) is 1. The second-order valence-electron chi connectivity index (χ2n) is 8.23. The van der Waals surface area contributed by atoms with Gasteiger partial charge < -0.3 is 19.5 Å². The fourth-order valence-electron chi connectivity index (χ4n) is 3.34. The Kier molecular flexibility index (Phi) is 8.58. The van der Waals surface area contributed by atoms with E-state index in [1.165, 1.54) is 5.56 Å². The van der Waals surface area contributed by atoms with Gasteiger partial charge in [-0.1, -0.05) is 26.0 Å². The summed E-state index contributed by atoms with van der Waals surface area (Å²) in [6.07, 6.45) is 0.0732. The maximum atomic E-state index is 12.2. The Balaban J connectivity index is 1.79. The first-order chi connectivity index (χ1) is 13.3. The predicted molar refractivity (Wildman–Crippen MR) is 111 cm³/mol. The first-order valence-electron chi connectivity index (χ1n) is 10.3. The second-order valence-corrected chi connectivity index (χ2v) is 8.23. The summed E-state index contributed by atoms with van der Waals surface area (Å²) in [7, 11) is 0. The molecule has 1 saturated heterocycles. The van der Waals surface area contributed by atoms with E-state index in [4.69, 9.17) is 9.47 Å². The molecular weight excluding hydrogens is 356 g/mol. The molecule has 1 amide bonds. The van der Waals surface area contributed by atoms with Gasteiger partial charge in [-0.25, -0.2) is 4.79 Å². The number of ether oxygens (including phenoxy) is 2. The van der Waals surface area contributed by atoms with Crippen LogP contribution in [0.3, 0.4) is 0 Å². The van der Waals surface area contributed by atoms with Gasteiger partial charge in [-0.3, -0.25) is 4.90 Å². The summed E-state index contributed by atoms with van der Waals surface area (Å²) in [6, 6.07) is 4.13. The van der Waals surface area contributed by atoms with Crippen LogP contribution in [0.25, 0.3) is 0 Å². The Morgan fingerprint density at radius 2 is 1.79 bits per heavy atom. The molecule has 1 aromatic carbocycles. The third-order valence-corrected chi connectivity index (χ3v) is 5.15. The molecule has 2 rings (SSSR count). The van der Waals surface area contributed by atoms with Gasteiger partial charge in [0.05, 0.1) is 6.61 Å². The van der Waals surface area contributed by atoms with E-state index in [0.29, 0.717) is 32.2 Å². The molecule has 1 heterocycles. The summed E-state index contributed by atoms with van der Waals surface area (Å²) in [5.41, 5.74) is 3.39. The zero-order valence-corrected chi connectivity index (χ0v) is 18.0. The number of benzene rings is 1. The molecule has 1 fully saturated rings. The van der Waals surface area contributed by atoms with Crippen LogP contribution in [0.2, 0.25) is 0 Å². The van der Waals surface area contributed by atoms with E-state index in [0.717, 1.165) is 36.4 Å². The van der Waals surface area contributed by atoms with Gasteiger partial charge in [-0.15, -0.1) is 0 Å². The molecule has 158 valence electrons. The van der Waals surface area contributed by atoms with Crippen LogP contribution in [0.15, 0.2) is 12.1 Å². The van der Waals surface area contributed by atoms with E-state index in [1.54, 1.807) is 4.90 Å². The Hall–Kier alpha value is -1.79. The Labute approximate surface area is 169 Å². The van der Waals surface area contributed by atoms with Crippen LogP contribution >= 0.6 is 0 Å². The monoisotopic (exact) mass is 392 g/mol. The number of carbonyl (C=O) groups is 1. The lowest BCUT2D eigenvalue weighted by Crippen LogP contribution is -2.39. The van der Waals surface area contributed by atoms with Gasteiger partial charge in [0.2, 0.25) is 0 Å². The third-order valence-electron chi connectivity index (χ3n) is 5.15. The van der Waals surface area contributed by atoms with Crippen LogP contribution < -0.4 is 4.74 Å². The largest absolute Gasteiger partial charge is 0.490 e. The minimum Gasteiger partial charge on any atom is -0.490 e. The van der Waals surface area contributed by atoms with Gasteiger partial charge >= 0.3 is 6.09 Å². The average Bonchev–Trinajstić information content (AvgIpc) is 2.88. The predicted octanol–water partition coefficient (Wildman–Crippen LogP) is 3.15. The van der Waals surface area contributed by atoms with E-state index in [2.05, 4.69) is 17.9 Å². The van der Waals surface area contributed by atoms with Crippen molar-refractivity contribution in [3.63, 3.8) is 0 Å². The molecule has 28 heavy (non-hydrogen) atoms. The fraction of sp³-hybridized carbons (Fsp3) is 0.682. The minimum absolute atomic E-state index is 0.232. The van der Waals surface area contributed by atoms with Crippen molar-refractivity contribution in [1.29, 1.82) is 0 Å². The number of carbonyl (C=O) groups excluding carboxylic acids is 1. The van der Waals surface area contributed by atoms with Gasteiger partial charge in [-0.2, -0.15) is 0 Å². The molecule has 0 bridgehead atoms. The molecule has 1 aliphatic heterocycles. The Morgan fingerprint density at radius 3 is 2.50 bits per heavy atom. The molecule has 1 aromatic rings. The van der Waals surface area contributed by atoms with E-state index in [-0.39, 0.29) is 12.7 Å². The summed E-state index contributed by atoms with van der Waals surface area (Å²) in [5.74, 6) is 1.21. The molecule has 0 aliphatic carbocycles. The number of aliphatic hydroxyl groups excluding tert-OH is 1. The normalized spacial score (nSPS) is 16.8. The molecule has 0 spiro atoms. The summed E-state index contributed by atoms with van der Waals surface area (Å²) in [5, 5.41) is 10.5. The zero-order chi connectivity index (χ0) is 20.7. The molecule has 1 atom stereocenters. The standard InChI is InChI=1S/C22H36N2O4/c1-16(2)14-28-22(26)24-10-6-9-23(11-12-24)13-20(25)15-27-21-18(4)8-7-17(3)19(21)5/h7-8,16,20,25H,6,9-15H2,1-5H3. The lowest BCUT2D eigenvalue weighted by molar-refractivity contribution is 0.0675. The quantitative estimate of drug-likeness (QED) is 0.772. The average molecular weight is 393 g/mol. The highest BCUT2D eigenvalue weighted by Gasteiger charge is 2.22. The van der Waals surface area contributed by atoms with Crippen molar-refractivity contribution < 1.29 is 19.4 Å². The summed E-state index contributed by atoms with van der Waals surface area (Å²) in [4.78, 5) is 16.1. The van der Waals surface area contributed by atoms with Gasteiger partial charge in [0.25, 0.3) is 0 Å². The van der Waals surface area contributed by atoms with Crippen molar-refractivity contribution in [2.45, 2.75) is 47.1 Å². The number of rotatable bonds is 7. The first-order valence-corrected chi connectivity index (χ1v) is 10.3. The topological polar surface area (TPSA) is 62.2 Å². The Morgan fingerprint density at radius 1 is 1.07 bits per heavy atom. The van der Waals surface area contributed by atoms with Gasteiger partial charge in [0.15, 0.2) is 0 Å². The van der Waals surface area contributed by atoms with Gasteiger partial charge in [0, 0.05) is 32.7 Å². The maximum absolute atomic E-state index is 12.2. The van der Waals surface area contributed by atoms with Crippen LogP contribution in [0.4, 0.5) is 4.79 Å². The SMILES string of the molecule is Cc1ccc(C)c(OCC(O)CN2CCCN(C(=O)OCC(C)C)CC2)c1C. The lowest BCUT2D eigenvalue weighted by Gasteiger charge is -2.24. The van der Waals surface area contributed by atoms with Crippen molar-refractivity contribution in [1.82, 2.24) is 9.80 Å². The number of aliphatic hydroxyl groups is 1. The van der Waals surface area contributed by atoms with Crippen molar-refractivity contribution in [3.8, 4) is 5.75 Å². The van der Waals surface area contributed by atoms with Crippen molar-refractivity contribution in [2.24, 2.45) is 5.92 Å². The van der Waals surface area contributed by atoms with Gasteiger partial charge in [0.1, 0.15) is 18.5 Å². The number of amides is 1. The van der Waals surface area contributed by atoms with E-state index in [1.807, 2.05) is 33.8 Å². The van der Waals surface area contributed by atoms with E-state index >= 15 is 0 Å². The first kappa shape index (κ1) is 22.5. The molecule has 1 aliphatic rings. The number of nitrogens with zero attached hydrogens (tertiary/aromatic N) is 2. The van der Waals surface area contributed by atoms with Gasteiger partial charge in [-0.05, 0) is 49.8 Å². The molecule has 0 aromatic heterocycles. The van der Waals surface area contributed by atoms with Crippen LogP contribution in [-0.4, -0.2) is 73.0 Å². The summed E-state index contributed by atoms with van der Waals surface area (Å²) >= 11 is 0. The van der Waals surface area contributed by atoms with Crippen LogP contribution in [0.5, 0.6) is 5.75 Å². The maximum Gasteiger partial charge on any atom is 0.409 e. The highest BCUT2D eigenvalue weighted by atomic mass is 16.6. The number of aryl methyl sites for hydroxylation is 2. The molecule has 6 nitrogen and oxygen atoms in total. The number of hydrogen-bond donors (Lipinski definition) is 1. The van der Waals surface area contributed by atoms with Crippen LogP contribution in [0, 0.1) is 26.7 Å². The molecule has 0 saturated carbocycles. The smallest absolute Gasteiger partial charge is 0.409 e. The van der Waals surface area contributed by atoms with Crippen LogP contribution in [0.1, 0.15) is 37.0 Å². The third kappa shape index (κ3) is 6.67. The molecule has 0 radical (unpaired) electrons. The fourth-order valence-corrected chi connectivity index (χ4v) is 3.34. The summed E-state index contributed by atoms with van der Waals surface area (Å²) in [6.45, 7) is 14.4. The van der Waals surface area contributed by atoms with Crippen LogP contribution in [-0.2, 0) is 4.74 Å². The summed E-state index contributed by atoms with van der Waals surface area (Å²) < 4.78 is 11.3. The molecule has 1 unspecified atom stereocenters. The zero-order valence-electron chi connectivity index (χ0n) is 18.0. The van der Waals surface area contributed by atoms with E-state index < -0.39 is 6.10 Å². The van der Waals surface area contributed by atoms with Crippen molar-refractivity contribution >= 4 is 6.09 Å². The molecule has 6 heteroatoms. The molecular formula is C22H36N2O4. The highest BCUT2D eigenvalue weighted by molar-refractivity contribution is 5.67. The molecule has 1 N–H and O–H groups in total. The Bertz CT molecular complexity index is 648. The second kappa shape index (κ2) is 10.7. The minimum atomic E-state index is -0.571. The van der Waals surface area contributed by atoms with E-state index in [9.17, 15) is 9.90 Å². The lowest BCUT2D eigenvalue weighted by atomic mass is 10.1. The highest BCUT2D eigenvalue weighted by Crippen LogP contribution is 2.25.